The molecule has 0 fully saturated rings. The Kier molecular flexibility index (Phi) is 6.07. The largest absolute Gasteiger partial charge is 0.457 e. The van der Waals surface area contributed by atoms with Crippen molar-refractivity contribution in [2.24, 2.45) is 0 Å². The first kappa shape index (κ1) is 19.2. The van der Waals surface area contributed by atoms with E-state index in [1.54, 1.807) is 49.3 Å². The number of carbonyl (C=O) groups is 2. The Morgan fingerprint density at radius 1 is 0.857 bits per heavy atom. The second-order valence-corrected chi connectivity index (χ2v) is 6.53. The number of benzene rings is 3. The van der Waals surface area contributed by atoms with Crippen molar-refractivity contribution >= 4 is 17.5 Å². The van der Waals surface area contributed by atoms with E-state index in [0.717, 1.165) is 5.56 Å². The van der Waals surface area contributed by atoms with Crippen molar-refractivity contribution in [1.82, 2.24) is 4.90 Å². The first-order chi connectivity index (χ1) is 13.5. The number of rotatable bonds is 6. The maximum atomic E-state index is 12.7. The predicted molar refractivity (Wildman–Crippen MR) is 110 cm³/mol. The zero-order valence-electron chi connectivity index (χ0n) is 15.9. The first-order valence-electron chi connectivity index (χ1n) is 8.95. The number of nitrogens with one attached hydrogen (secondary N) is 1. The molecule has 0 bridgehead atoms. The van der Waals surface area contributed by atoms with Crippen LogP contribution in [-0.4, -0.2) is 30.8 Å². The van der Waals surface area contributed by atoms with Crippen LogP contribution in [0.4, 0.5) is 5.69 Å². The van der Waals surface area contributed by atoms with Gasteiger partial charge >= 0.3 is 0 Å². The summed E-state index contributed by atoms with van der Waals surface area (Å²) >= 11 is 0. The molecule has 0 unspecified atom stereocenters. The topological polar surface area (TPSA) is 58.6 Å². The van der Waals surface area contributed by atoms with E-state index in [1.807, 2.05) is 48.5 Å². The van der Waals surface area contributed by atoms with E-state index in [2.05, 4.69) is 5.32 Å². The minimum absolute atomic E-state index is 0.0313. The molecule has 3 aromatic rings. The maximum Gasteiger partial charge on any atom is 0.259 e. The molecular formula is C23H22N2O3. The highest BCUT2D eigenvalue weighted by molar-refractivity contribution is 6.06. The number of para-hydroxylation sites is 2. The molecule has 0 aliphatic rings. The Labute approximate surface area is 164 Å². The number of carbonyl (C=O) groups excluding carboxylic acids is 2. The average molecular weight is 374 g/mol. The van der Waals surface area contributed by atoms with Crippen molar-refractivity contribution in [1.29, 1.82) is 0 Å². The number of nitrogens with zero attached hydrogens (tertiary/aromatic N) is 1. The van der Waals surface area contributed by atoms with Gasteiger partial charge in [-0.2, -0.15) is 0 Å². The summed E-state index contributed by atoms with van der Waals surface area (Å²) in [4.78, 5) is 26.1. The minimum Gasteiger partial charge on any atom is -0.457 e. The lowest BCUT2D eigenvalue weighted by Gasteiger charge is -2.12. The van der Waals surface area contributed by atoms with E-state index in [0.29, 0.717) is 29.2 Å². The number of amides is 2. The van der Waals surface area contributed by atoms with Crippen molar-refractivity contribution in [2.45, 2.75) is 6.42 Å². The van der Waals surface area contributed by atoms with Gasteiger partial charge in [0.25, 0.3) is 5.91 Å². The Morgan fingerprint density at radius 2 is 1.50 bits per heavy atom. The van der Waals surface area contributed by atoms with Gasteiger partial charge < -0.3 is 15.0 Å². The zero-order chi connectivity index (χ0) is 19.9. The number of likely N-dealkylation sites (N-methyl/N-ethyl adjacent to an activating group) is 1. The van der Waals surface area contributed by atoms with Crippen LogP contribution >= 0.6 is 0 Å². The van der Waals surface area contributed by atoms with E-state index in [1.165, 1.54) is 0 Å². The second kappa shape index (κ2) is 8.86. The van der Waals surface area contributed by atoms with Crippen molar-refractivity contribution in [2.75, 3.05) is 19.4 Å². The zero-order valence-corrected chi connectivity index (χ0v) is 15.9. The SMILES string of the molecule is CN(C)C(=O)Cc1ccc(NC(=O)c2ccccc2Oc2ccccc2)cc1. The third-order valence-corrected chi connectivity index (χ3v) is 4.17. The molecule has 0 radical (unpaired) electrons. The summed E-state index contributed by atoms with van der Waals surface area (Å²) in [5.74, 6) is 0.921. The summed E-state index contributed by atoms with van der Waals surface area (Å²) in [5.41, 5.74) is 1.99. The Bertz CT molecular complexity index is 951. The average Bonchev–Trinajstić information content (AvgIpc) is 2.70. The fourth-order valence-electron chi connectivity index (χ4n) is 2.60. The molecule has 142 valence electrons. The van der Waals surface area contributed by atoms with Gasteiger partial charge in [-0.15, -0.1) is 0 Å². The molecule has 3 aromatic carbocycles. The minimum atomic E-state index is -0.261. The summed E-state index contributed by atoms with van der Waals surface area (Å²) in [7, 11) is 3.46. The molecule has 0 saturated carbocycles. The molecule has 0 aliphatic carbocycles. The third kappa shape index (κ3) is 4.98. The van der Waals surface area contributed by atoms with Crippen LogP contribution in [0.5, 0.6) is 11.5 Å². The van der Waals surface area contributed by atoms with Crippen molar-refractivity contribution in [3.8, 4) is 11.5 Å². The van der Waals surface area contributed by atoms with Crippen LogP contribution in [0.3, 0.4) is 0 Å². The standard InChI is InChI=1S/C23H22N2O3/c1-25(2)22(26)16-17-12-14-18(15-13-17)24-23(27)20-10-6-7-11-21(20)28-19-8-4-3-5-9-19/h3-15H,16H2,1-2H3,(H,24,27). The molecule has 5 heteroatoms. The highest BCUT2D eigenvalue weighted by atomic mass is 16.5. The van der Waals surface area contributed by atoms with Crippen LogP contribution in [0.2, 0.25) is 0 Å². The van der Waals surface area contributed by atoms with Gasteiger partial charge in [0.2, 0.25) is 5.91 Å². The van der Waals surface area contributed by atoms with E-state index in [-0.39, 0.29) is 11.8 Å². The molecule has 0 saturated heterocycles. The van der Waals surface area contributed by atoms with Crippen LogP contribution < -0.4 is 10.1 Å². The molecule has 0 spiro atoms. The summed E-state index contributed by atoms with van der Waals surface area (Å²) in [5, 5.41) is 2.87. The Morgan fingerprint density at radius 3 is 2.18 bits per heavy atom. The van der Waals surface area contributed by atoms with E-state index >= 15 is 0 Å². The summed E-state index contributed by atoms with van der Waals surface area (Å²) in [6.07, 6.45) is 0.328. The maximum absolute atomic E-state index is 12.7. The molecule has 1 N–H and O–H groups in total. The van der Waals surface area contributed by atoms with Gasteiger partial charge in [-0.05, 0) is 42.0 Å². The smallest absolute Gasteiger partial charge is 0.259 e. The lowest BCUT2D eigenvalue weighted by molar-refractivity contribution is -0.127. The van der Waals surface area contributed by atoms with Gasteiger partial charge in [0.1, 0.15) is 11.5 Å². The molecule has 2 amide bonds. The summed E-state index contributed by atoms with van der Waals surface area (Å²) in [6.45, 7) is 0. The molecule has 28 heavy (non-hydrogen) atoms. The van der Waals surface area contributed by atoms with Crippen LogP contribution in [0.1, 0.15) is 15.9 Å². The van der Waals surface area contributed by atoms with Gasteiger partial charge in [-0.3, -0.25) is 9.59 Å². The lowest BCUT2D eigenvalue weighted by atomic mass is 10.1. The third-order valence-electron chi connectivity index (χ3n) is 4.17. The monoisotopic (exact) mass is 374 g/mol. The number of hydrogen-bond donors (Lipinski definition) is 1. The van der Waals surface area contributed by atoms with Gasteiger partial charge in [0, 0.05) is 19.8 Å². The number of ether oxygens (including phenoxy) is 1. The molecule has 0 aromatic heterocycles. The number of anilines is 1. The van der Waals surface area contributed by atoms with Crippen molar-refractivity contribution in [3.63, 3.8) is 0 Å². The molecule has 5 nitrogen and oxygen atoms in total. The molecule has 3 rings (SSSR count). The van der Waals surface area contributed by atoms with Gasteiger partial charge in [0.15, 0.2) is 0 Å². The Balaban J connectivity index is 1.70. The molecule has 0 atom stereocenters. The first-order valence-corrected chi connectivity index (χ1v) is 8.95. The van der Waals surface area contributed by atoms with Gasteiger partial charge in [-0.25, -0.2) is 0 Å². The highest BCUT2D eigenvalue weighted by Gasteiger charge is 2.13. The second-order valence-electron chi connectivity index (χ2n) is 6.53. The van der Waals surface area contributed by atoms with E-state index in [4.69, 9.17) is 4.74 Å². The fourth-order valence-corrected chi connectivity index (χ4v) is 2.60. The summed E-state index contributed by atoms with van der Waals surface area (Å²) < 4.78 is 5.85. The molecule has 0 aliphatic heterocycles. The Hall–Kier alpha value is -3.60. The normalized spacial score (nSPS) is 10.2. The van der Waals surface area contributed by atoms with E-state index in [9.17, 15) is 9.59 Å². The van der Waals surface area contributed by atoms with Crippen LogP contribution in [0.25, 0.3) is 0 Å². The van der Waals surface area contributed by atoms with Crippen LogP contribution in [0, 0.1) is 0 Å². The van der Waals surface area contributed by atoms with Crippen LogP contribution in [0.15, 0.2) is 78.9 Å². The van der Waals surface area contributed by atoms with Gasteiger partial charge in [-0.1, -0.05) is 42.5 Å². The highest BCUT2D eigenvalue weighted by Crippen LogP contribution is 2.26. The van der Waals surface area contributed by atoms with E-state index < -0.39 is 0 Å². The van der Waals surface area contributed by atoms with Crippen molar-refractivity contribution in [3.05, 3.63) is 90.0 Å². The van der Waals surface area contributed by atoms with Gasteiger partial charge in [0.05, 0.1) is 12.0 Å². The molecule has 0 heterocycles. The van der Waals surface area contributed by atoms with Crippen LogP contribution in [-0.2, 0) is 11.2 Å². The quantitative estimate of drug-likeness (QED) is 0.697. The lowest BCUT2D eigenvalue weighted by Crippen LogP contribution is -2.23. The summed E-state index contributed by atoms with van der Waals surface area (Å²) in [6, 6.07) is 23.7. The predicted octanol–water partition coefficient (Wildman–Crippen LogP) is 4.36. The molecular weight excluding hydrogens is 352 g/mol. The fraction of sp³-hybridized carbons (Fsp3) is 0.130. The van der Waals surface area contributed by atoms with Crippen molar-refractivity contribution < 1.29 is 14.3 Å². The number of hydrogen-bond acceptors (Lipinski definition) is 3.